The molecule has 33 heavy (non-hydrogen) atoms. The molecule has 8 heteroatoms. The third-order valence-corrected chi connectivity index (χ3v) is 6.00. The van der Waals surface area contributed by atoms with Crippen LogP contribution in [0.2, 0.25) is 10.0 Å². The number of aliphatic hydroxyl groups excluding tert-OH is 1. The van der Waals surface area contributed by atoms with Crippen LogP contribution in [0.25, 0.3) is 0 Å². The second-order valence-electron chi connectivity index (χ2n) is 8.21. The molecule has 1 atom stereocenters. The summed E-state index contributed by atoms with van der Waals surface area (Å²) in [4.78, 5) is 10.9. The molecular weight excluding hydrogens is 461 g/mol. The van der Waals surface area contributed by atoms with Gasteiger partial charge in [0.15, 0.2) is 0 Å². The summed E-state index contributed by atoms with van der Waals surface area (Å²) in [6, 6.07) is 11.3. The number of nitrogen functional groups attached to an aromatic ring is 1. The van der Waals surface area contributed by atoms with Crippen LogP contribution in [0, 0.1) is 0 Å². The maximum absolute atomic E-state index is 10.9. The first-order valence-corrected chi connectivity index (χ1v) is 12.2. The van der Waals surface area contributed by atoms with Crippen molar-refractivity contribution in [3.63, 3.8) is 0 Å². The first-order valence-electron chi connectivity index (χ1n) is 11.4. The Morgan fingerprint density at radius 1 is 0.970 bits per heavy atom. The van der Waals surface area contributed by atoms with Gasteiger partial charge in [-0.3, -0.25) is 4.79 Å². The molecule has 2 aromatic carbocycles. The number of nitrogens with two attached hydrogens (primary N) is 2. The van der Waals surface area contributed by atoms with Gasteiger partial charge in [0.2, 0.25) is 5.91 Å². The van der Waals surface area contributed by atoms with E-state index in [1.807, 2.05) is 24.3 Å². The Morgan fingerprint density at radius 3 is 2.24 bits per heavy atom. The van der Waals surface area contributed by atoms with Gasteiger partial charge in [-0.1, -0.05) is 60.3 Å². The fourth-order valence-electron chi connectivity index (χ4n) is 3.47. The molecule has 6 nitrogen and oxygen atoms in total. The largest absolute Gasteiger partial charge is 0.396 e. The molecule has 0 spiro atoms. The average Bonchev–Trinajstić information content (AvgIpc) is 2.78. The molecule has 1 amide bonds. The van der Waals surface area contributed by atoms with Crippen molar-refractivity contribution in [1.29, 1.82) is 0 Å². The van der Waals surface area contributed by atoms with Crippen molar-refractivity contribution in [1.82, 2.24) is 5.32 Å². The summed E-state index contributed by atoms with van der Waals surface area (Å²) in [5.74, 6) is -0.308. The lowest BCUT2D eigenvalue weighted by Crippen LogP contribution is -2.22. The number of hydrogen-bond donors (Lipinski definition) is 4. The summed E-state index contributed by atoms with van der Waals surface area (Å²) >= 11 is 12.0. The van der Waals surface area contributed by atoms with Gasteiger partial charge >= 0.3 is 0 Å². The number of unbranched alkanes of at least 4 members (excludes halogenated alkanes) is 3. The second kappa shape index (κ2) is 15.1. The van der Waals surface area contributed by atoms with Crippen molar-refractivity contribution < 1.29 is 14.6 Å². The predicted octanol–water partition coefficient (Wildman–Crippen LogP) is 4.44. The van der Waals surface area contributed by atoms with E-state index in [-0.39, 0.29) is 12.3 Å². The van der Waals surface area contributed by atoms with Crippen LogP contribution in [0.3, 0.4) is 0 Å². The van der Waals surface area contributed by atoms with E-state index in [0.29, 0.717) is 27.8 Å². The fourth-order valence-corrected chi connectivity index (χ4v) is 3.97. The summed E-state index contributed by atoms with van der Waals surface area (Å²) in [5.41, 5.74) is 14.1. The summed E-state index contributed by atoms with van der Waals surface area (Å²) in [6.45, 7) is 2.81. The van der Waals surface area contributed by atoms with Crippen molar-refractivity contribution in [2.24, 2.45) is 5.73 Å². The van der Waals surface area contributed by atoms with Gasteiger partial charge in [0, 0.05) is 19.8 Å². The number of hydrogen-bond acceptors (Lipinski definition) is 5. The lowest BCUT2D eigenvalue weighted by molar-refractivity contribution is -0.117. The van der Waals surface area contributed by atoms with E-state index < -0.39 is 6.10 Å². The number of aryl methyl sites for hydroxylation is 1. The average molecular weight is 496 g/mol. The molecule has 0 saturated carbocycles. The van der Waals surface area contributed by atoms with Gasteiger partial charge in [0.1, 0.15) is 0 Å². The number of amides is 1. The minimum atomic E-state index is -0.679. The molecule has 2 aromatic rings. The summed E-state index contributed by atoms with van der Waals surface area (Å²) in [5, 5.41) is 14.2. The van der Waals surface area contributed by atoms with Crippen LogP contribution in [0.1, 0.15) is 54.9 Å². The minimum absolute atomic E-state index is 0.287. The monoisotopic (exact) mass is 495 g/mol. The first-order chi connectivity index (χ1) is 15.9. The van der Waals surface area contributed by atoms with Gasteiger partial charge < -0.3 is 26.6 Å². The van der Waals surface area contributed by atoms with Crippen LogP contribution in [0.5, 0.6) is 0 Å². The van der Waals surface area contributed by atoms with Crippen molar-refractivity contribution in [3.05, 3.63) is 63.1 Å². The number of anilines is 1. The van der Waals surface area contributed by atoms with Gasteiger partial charge in [-0.05, 0) is 61.1 Å². The van der Waals surface area contributed by atoms with Gasteiger partial charge in [-0.2, -0.15) is 0 Å². The van der Waals surface area contributed by atoms with Crippen LogP contribution in [0.4, 0.5) is 5.69 Å². The van der Waals surface area contributed by atoms with Crippen LogP contribution < -0.4 is 16.8 Å². The number of primary amides is 1. The first kappa shape index (κ1) is 27.4. The molecule has 0 saturated heterocycles. The van der Waals surface area contributed by atoms with Gasteiger partial charge in [-0.15, -0.1) is 0 Å². The predicted molar refractivity (Wildman–Crippen MR) is 136 cm³/mol. The third kappa shape index (κ3) is 10.8. The highest BCUT2D eigenvalue weighted by Gasteiger charge is 2.11. The fraction of sp³-hybridized carbons (Fsp3) is 0.480. The molecule has 182 valence electrons. The summed E-state index contributed by atoms with van der Waals surface area (Å²) in [6.07, 6.45) is 5.87. The van der Waals surface area contributed by atoms with E-state index in [2.05, 4.69) is 5.32 Å². The van der Waals surface area contributed by atoms with Crippen molar-refractivity contribution in [2.75, 3.05) is 32.0 Å². The Balaban J connectivity index is 1.43. The lowest BCUT2D eigenvalue weighted by atomic mass is 10.1. The number of carbonyl (C=O) groups is 1. The van der Waals surface area contributed by atoms with Crippen LogP contribution >= 0.6 is 23.2 Å². The molecule has 0 aromatic heterocycles. The maximum atomic E-state index is 10.9. The normalized spacial score (nSPS) is 12.1. The van der Waals surface area contributed by atoms with Gasteiger partial charge in [0.05, 0.1) is 28.3 Å². The molecule has 1 unspecified atom stereocenters. The number of nitrogens with one attached hydrogen (secondary N) is 1. The van der Waals surface area contributed by atoms with E-state index in [1.165, 1.54) is 5.56 Å². The number of halogens is 2. The Bertz CT molecular complexity index is 839. The smallest absolute Gasteiger partial charge is 0.221 e. The standard InChI is InChI=1S/C25H35Cl2N3O3/c26-21-15-20(16-22(27)25(21)29)23(31)17-30-11-3-1-2-4-12-33-13-5-6-18-7-9-19(10-8-18)14-24(28)32/h7-10,15-16,23,30-31H,1-6,11-14,17,29H2,(H2,28,32). The SMILES string of the molecule is NC(=O)Cc1ccc(CCCOCCCCCCNCC(O)c2cc(Cl)c(N)c(Cl)c2)cc1. The number of aliphatic hydroxyl groups is 1. The summed E-state index contributed by atoms with van der Waals surface area (Å²) < 4.78 is 5.73. The van der Waals surface area contributed by atoms with Crippen LogP contribution in [-0.2, 0) is 22.4 Å². The van der Waals surface area contributed by atoms with Crippen LogP contribution in [-0.4, -0.2) is 37.3 Å². The van der Waals surface area contributed by atoms with Crippen LogP contribution in [0.15, 0.2) is 36.4 Å². The Morgan fingerprint density at radius 2 is 1.58 bits per heavy atom. The lowest BCUT2D eigenvalue weighted by Gasteiger charge is -2.14. The minimum Gasteiger partial charge on any atom is -0.396 e. The highest BCUT2D eigenvalue weighted by atomic mass is 35.5. The number of rotatable bonds is 16. The molecule has 0 aliphatic carbocycles. The molecule has 6 N–H and O–H groups in total. The van der Waals surface area contributed by atoms with E-state index in [9.17, 15) is 9.90 Å². The Hall–Kier alpha value is -1.83. The molecular formula is C25H35Cl2N3O3. The molecule has 0 radical (unpaired) electrons. The molecule has 0 heterocycles. The summed E-state index contributed by atoms with van der Waals surface area (Å²) in [7, 11) is 0. The third-order valence-electron chi connectivity index (χ3n) is 5.37. The molecule has 2 rings (SSSR count). The zero-order chi connectivity index (χ0) is 24.1. The highest BCUT2D eigenvalue weighted by Crippen LogP contribution is 2.31. The Kier molecular flexibility index (Phi) is 12.6. The van der Waals surface area contributed by atoms with Gasteiger partial charge in [0.25, 0.3) is 0 Å². The second-order valence-corrected chi connectivity index (χ2v) is 9.02. The van der Waals surface area contributed by atoms with E-state index in [4.69, 9.17) is 39.4 Å². The van der Waals surface area contributed by atoms with E-state index in [0.717, 1.165) is 63.8 Å². The molecule has 0 fully saturated rings. The molecule has 0 bridgehead atoms. The maximum Gasteiger partial charge on any atom is 0.221 e. The van der Waals surface area contributed by atoms with Crippen molar-refractivity contribution in [3.8, 4) is 0 Å². The number of benzene rings is 2. The highest BCUT2D eigenvalue weighted by molar-refractivity contribution is 6.38. The van der Waals surface area contributed by atoms with E-state index >= 15 is 0 Å². The zero-order valence-corrected chi connectivity index (χ0v) is 20.5. The molecule has 0 aliphatic rings. The quantitative estimate of drug-likeness (QED) is 0.203. The Labute approximate surface area is 206 Å². The van der Waals surface area contributed by atoms with Crippen molar-refractivity contribution >= 4 is 34.8 Å². The zero-order valence-electron chi connectivity index (χ0n) is 19.0. The number of ether oxygens (including phenoxy) is 1. The van der Waals surface area contributed by atoms with E-state index in [1.54, 1.807) is 12.1 Å². The number of carbonyl (C=O) groups excluding carboxylic acids is 1. The molecule has 0 aliphatic heterocycles. The topological polar surface area (TPSA) is 111 Å². The van der Waals surface area contributed by atoms with Gasteiger partial charge in [-0.25, -0.2) is 0 Å². The van der Waals surface area contributed by atoms with Crippen molar-refractivity contribution in [2.45, 2.75) is 51.0 Å².